The number of allylic oxidation sites excluding steroid dienone is 1. The molecule has 0 unspecified atom stereocenters. The summed E-state index contributed by atoms with van der Waals surface area (Å²) in [6.45, 7) is 7.89. The molecule has 2 aromatic carbocycles. The van der Waals surface area contributed by atoms with Crippen LogP contribution in [-0.2, 0) is 13.0 Å². The highest BCUT2D eigenvalue weighted by molar-refractivity contribution is 5.95. The molecule has 1 heterocycles. The van der Waals surface area contributed by atoms with Gasteiger partial charge >= 0.3 is 0 Å². The minimum Gasteiger partial charge on any atom is -0.493 e. The number of nitrogens with zero attached hydrogens (tertiary/aromatic N) is 2. The van der Waals surface area contributed by atoms with Crippen molar-refractivity contribution in [2.75, 3.05) is 40.4 Å². The average Bonchev–Trinajstić information content (AvgIpc) is 2.74. The Morgan fingerprint density at radius 1 is 1.07 bits per heavy atom. The maximum atomic E-state index is 13.1. The van der Waals surface area contributed by atoms with Gasteiger partial charge in [-0.25, -0.2) is 0 Å². The van der Waals surface area contributed by atoms with Crippen LogP contribution in [0.2, 0.25) is 0 Å². The second-order valence-corrected chi connectivity index (χ2v) is 6.92. The minimum atomic E-state index is 0.0330. The number of rotatable bonds is 7. The molecule has 1 aliphatic heterocycles. The monoisotopic (exact) mass is 380 g/mol. The fourth-order valence-electron chi connectivity index (χ4n) is 3.61. The molecule has 1 fully saturated rings. The van der Waals surface area contributed by atoms with Crippen molar-refractivity contribution in [2.45, 2.75) is 13.0 Å². The number of amides is 1. The molecule has 0 bridgehead atoms. The van der Waals surface area contributed by atoms with Crippen LogP contribution in [0.15, 0.2) is 55.1 Å². The Balaban J connectivity index is 1.69. The summed E-state index contributed by atoms with van der Waals surface area (Å²) in [6.07, 6.45) is 2.42. The van der Waals surface area contributed by atoms with Crippen LogP contribution in [0, 0.1) is 0 Å². The molecule has 1 amide bonds. The predicted molar refractivity (Wildman–Crippen MR) is 111 cm³/mol. The van der Waals surface area contributed by atoms with Crippen LogP contribution in [0.1, 0.15) is 21.5 Å². The van der Waals surface area contributed by atoms with Crippen molar-refractivity contribution >= 4 is 5.91 Å². The van der Waals surface area contributed by atoms with Gasteiger partial charge in [0.05, 0.1) is 14.2 Å². The van der Waals surface area contributed by atoms with Gasteiger partial charge in [-0.3, -0.25) is 9.69 Å². The maximum absolute atomic E-state index is 13.1. The van der Waals surface area contributed by atoms with Gasteiger partial charge in [-0.05, 0) is 24.1 Å². The van der Waals surface area contributed by atoms with E-state index in [1.165, 1.54) is 5.56 Å². The van der Waals surface area contributed by atoms with Crippen LogP contribution < -0.4 is 9.47 Å². The molecule has 3 rings (SSSR count). The van der Waals surface area contributed by atoms with E-state index in [-0.39, 0.29) is 5.91 Å². The van der Waals surface area contributed by atoms with Crippen molar-refractivity contribution in [1.82, 2.24) is 9.80 Å². The third kappa shape index (κ3) is 4.54. The second kappa shape index (κ2) is 9.42. The van der Waals surface area contributed by atoms with Crippen molar-refractivity contribution in [2.24, 2.45) is 0 Å². The van der Waals surface area contributed by atoms with Crippen molar-refractivity contribution in [1.29, 1.82) is 0 Å². The number of hydrogen-bond donors (Lipinski definition) is 0. The van der Waals surface area contributed by atoms with Crippen LogP contribution in [-0.4, -0.2) is 56.1 Å². The van der Waals surface area contributed by atoms with Crippen LogP contribution >= 0.6 is 0 Å². The Hall–Kier alpha value is -2.79. The number of piperazine rings is 1. The molecule has 0 spiro atoms. The molecule has 5 nitrogen and oxygen atoms in total. The highest BCUT2D eigenvalue weighted by Crippen LogP contribution is 2.33. The summed E-state index contributed by atoms with van der Waals surface area (Å²) in [4.78, 5) is 17.4. The standard InChI is InChI=1S/C23H28N2O3/c1-4-8-19-15-20(16-21(27-2)22(19)28-3)23(26)25-13-11-24(12-14-25)17-18-9-6-5-7-10-18/h4-7,9-10,15-16H,1,8,11-14,17H2,2-3H3. The molecule has 0 saturated carbocycles. The lowest BCUT2D eigenvalue weighted by Gasteiger charge is -2.35. The van der Waals surface area contributed by atoms with Crippen molar-refractivity contribution in [3.8, 4) is 11.5 Å². The first-order valence-corrected chi connectivity index (χ1v) is 9.57. The van der Waals surface area contributed by atoms with E-state index in [0.29, 0.717) is 23.5 Å². The van der Waals surface area contributed by atoms with Gasteiger partial charge < -0.3 is 14.4 Å². The SMILES string of the molecule is C=CCc1cc(C(=O)N2CCN(Cc3ccccc3)CC2)cc(OC)c1OC. The Morgan fingerprint density at radius 3 is 2.39 bits per heavy atom. The van der Waals surface area contributed by atoms with Gasteiger partial charge in [-0.1, -0.05) is 36.4 Å². The summed E-state index contributed by atoms with van der Waals surface area (Å²) in [5.74, 6) is 1.27. The highest BCUT2D eigenvalue weighted by atomic mass is 16.5. The lowest BCUT2D eigenvalue weighted by atomic mass is 10.0. The van der Waals surface area contributed by atoms with E-state index in [9.17, 15) is 4.79 Å². The Bertz CT molecular complexity index is 812. The molecule has 0 atom stereocenters. The molecule has 28 heavy (non-hydrogen) atoms. The molecule has 1 saturated heterocycles. The van der Waals surface area contributed by atoms with E-state index in [1.807, 2.05) is 17.0 Å². The van der Waals surface area contributed by atoms with Crippen LogP contribution in [0.4, 0.5) is 0 Å². The number of carbonyl (C=O) groups excluding carboxylic acids is 1. The lowest BCUT2D eigenvalue weighted by molar-refractivity contribution is 0.0628. The molecular formula is C23H28N2O3. The van der Waals surface area contributed by atoms with E-state index in [4.69, 9.17) is 9.47 Å². The topological polar surface area (TPSA) is 42.0 Å². The Kier molecular flexibility index (Phi) is 6.71. The predicted octanol–water partition coefficient (Wildman–Crippen LogP) is 3.39. The normalized spacial score (nSPS) is 14.6. The zero-order valence-corrected chi connectivity index (χ0v) is 16.7. The minimum absolute atomic E-state index is 0.0330. The van der Waals surface area contributed by atoms with Gasteiger partial charge in [0.15, 0.2) is 11.5 Å². The number of hydrogen-bond acceptors (Lipinski definition) is 4. The number of carbonyl (C=O) groups is 1. The summed E-state index contributed by atoms with van der Waals surface area (Å²) >= 11 is 0. The highest BCUT2D eigenvalue weighted by Gasteiger charge is 2.24. The lowest BCUT2D eigenvalue weighted by Crippen LogP contribution is -2.48. The van der Waals surface area contributed by atoms with Crippen LogP contribution in [0.3, 0.4) is 0 Å². The molecule has 0 aromatic heterocycles. The first-order valence-electron chi connectivity index (χ1n) is 9.57. The van der Waals surface area contributed by atoms with Gasteiger partial charge in [-0.15, -0.1) is 6.58 Å². The summed E-state index contributed by atoms with van der Waals surface area (Å²) in [6, 6.07) is 14.1. The summed E-state index contributed by atoms with van der Waals surface area (Å²) in [5, 5.41) is 0. The van der Waals surface area contributed by atoms with Crippen molar-refractivity contribution < 1.29 is 14.3 Å². The molecule has 0 radical (unpaired) electrons. The third-order valence-electron chi connectivity index (χ3n) is 5.08. The van der Waals surface area contributed by atoms with Gasteiger partial charge in [0.1, 0.15) is 0 Å². The number of benzene rings is 2. The Morgan fingerprint density at radius 2 is 1.79 bits per heavy atom. The fraction of sp³-hybridized carbons (Fsp3) is 0.348. The molecule has 5 heteroatoms. The smallest absolute Gasteiger partial charge is 0.254 e. The maximum Gasteiger partial charge on any atom is 0.254 e. The molecule has 148 valence electrons. The molecule has 1 aliphatic rings. The second-order valence-electron chi connectivity index (χ2n) is 6.92. The van der Waals surface area contributed by atoms with Gasteiger partial charge in [0.2, 0.25) is 0 Å². The number of ether oxygens (including phenoxy) is 2. The van der Waals surface area contributed by atoms with Crippen molar-refractivity contribution in [3.63, 3.8) is 0 Å². The zero-order chi connectivity index (χ0) is 19.9. The quantitative estimate of drug-likeness (QED) is 0.691. The molecular weight excluding hydrogens is 352 g/mol. The van der Waals surface area contributed by atoms with Crippen LogP contribution in [0.5, 0.6) is 11.5 Å². The molecule has 2 aromatic rings. The number of methoxy groups -OCH3 is 2. The van der Waals surface area contributed by atoms with Crippen molar-refractivity contribution in [3.05, 3.63) is 71.8 Å². The van der Waals surface area contributed by atoms with E-state index in [2.05, 4.69) is 35.7 Å². The fourth-order valence-corrected chi connectivity index (χ4v) is 3.61. The Labute approximate surface area is 167 Å². The first kappa shape index (κ1) is 20.0. The van der Waals surface area contributed by atoms with Gasteiger partial charge in [-0.2, -0.15) is 0 Å². The van der Waals surface area contributed by atoms with E-state index < -0.39 is 0 Å². The van der Waals surface area contributed by atoms with E-state index in [1.54, 1.807) is 26.4 Å². The summed E-state index contributed by atoms with van der Waals surface area (Å²) in [7, 11) is 3.20. The van der Waals surface area contributed by atoms with Crippen LogP contribution in [0.25, 0.3) is 0 Å². The van der Waals surface area contributed by atoms with E-state index in [0.717, 1.165) is 38.3 Å². The van der Waals surface area contributed by atoms with Gasteiger partial charge in [0, 0.05) is 43.9 Å². The largest absolute Gasteiger partial charge is 0.493 e. The average molecular weight is 380 g/mol. The summed E-state index contributed by atoms with van der Waals surface area (Å²) < 4.78 is 10.9. The van der Waals surface area contributed by atoms with Gasteiger partial charge in [0.25, 0.3) is 5.91 Å². The molecule has 0 N–H and O–H groups in total. The van der Waals surface area contributed by atoms with E-state index >= 15 is 0 Å². The molecule has 0 aliphatic carbocycles. The third-order valence-corrected chi connectivity index (χ3v) is 5.08. The first-order chi connectivity index (χ1) is 13.7. The summed E-state index contributed by atoms with van der Waals surface area (Å²) in [5.41, 5.74) is 2.84. The zero-order valence-electron chi connectivity index (χ0n) is 16.7.